The van der Waals surface area contributed by atoms with Gasteiger partial charge in [0.2, 0.25) is 10.0 Å². The molecule has 1 saturated carbocycles. The highest BCUT2D eigenvalue weighted by atomic mass is 32.2. The Kier molecular flexibility index (Phi) is 4.29. The number of hydrogen-bond acceptors (Lipinski definition) is 3. The van der Waals surface area contributed by atoms with Crippen LogP contribution in [0.1, 0.15) is 36.0 Å². The van der Waals surface area contributed by atoms with Crippen molar-refractivity contribution < 1.29 is 22.0 Å². The van der Waals surface area contributed by atoms with Crippen molar-refractivity contribution in [1.29, 1.82) is 0 Å². The second-order valence-electron chi connectivity index (χ2n) is 5.13. The average molecular weight is 318 g/mol. The lowest BCUT2D eigenvalue weighted by Crippen LogP contribution is -2.36. The molecule has 0 aliphatic heterocycles. The van der Waals surface area contributed by atoms with E-state index in [1.165, 1.54) is 11.9 Å². The first-order chi connectivity index (χ1) is 9.73. The molecule has 116 valence electrons. The molecule has 0 saturated heterocycles. The molecule has 1 aliphatic rings. The Morgan fingerprint density at radius 1 is 1.29 bits per heavy atom. The summed E-state index contributed by atoms with van der Waals surface area (Å²) in [4.78, 5) is 12.6. The Balaban J connectivity index is 2.45. The summed E-state index contributed by atoms with van der Waals surface area (Å²) in [5.74, 6) is -3.41. The van der Waals surface area contributed by atoms with E-state index in [0.29, 0.717) is 6.07 Å². The van der Waals surface area contributed by atoms with Gasteiger partial charge in [0.25, 0.3) is 5.91 Å². The van der Waals surface area contributed by atoms with Crippen molar-refractivity contribution in [2.75, 3.05) is 7.05 Å². The maximum Gasteiger partial charge on any atom is 0.259 e. The number of benzene rings is 1. The number of rotatable bonds is 3. The smallest absolute Gasteiger partial charge is 0.259 e. The van der Waals surface area contributed by atoms with E-state index in [1.807, 2.05) is 0 Å². The Bertz CT molecular complexity index is 670. The van der Waals surface area contributed by atoms with E-state index < -0.39 is 38.0 Å². The van der Waals surface area contributed by atoms with Crippen LogP contribution in [-0.4, -0.2) is 32.3 Å². The number of amides is 1. The van der Waals surface area contributed by atoms with Crippen molar-refractivity contribution in [3.05, 3.63) is 29.3 Å². The monoisotopic (exact) mass is 318 g/mol. The van der Waals surface area contributed by atoms with Crippen molar-refractivity contribution in [3.8, 4) is 0 Å². The van der Waals surface area contributed by atoms with Gasteiger partial charge in [0, 0.05) is 13.1 Å². The van der Waals surface area contributed by atoms with E-state index in [-0.39, 0.29) is 6.04 Å². The zero-order valence-corrected chi connectivity index (χ0v) is 12.3. The highest BCUT2D eigenvalue weighted by Gasteiger charge is 2.30. The Morgan fingerprint density at radius 3 is 2.38 bits per heavy atom. The minimum atomic E-state index is -4.36. The number of nitrogens with zero attached hydrogens (tertiary/aromatic N) is 1. The Hall–Kier alpha value is -1.54. The molecule has 0 radical (unpaired) electrons. The fourth-order valence-corrected chi connectivity index (χ4v) is 3.19. The van der Waals surface area contributed by atoms with Gasteiger partial charge in [-0.1, -0.05) is 12.8 Å². The second-order valence-corrected chi connectivity index (χ2v) is 6.66. The molecule has 1 aromatic carbocycles. The zero-order valence-electron chi connectivity index (χ0n) is 11.5. The number of sulfonamides is 1. The van der Waals surface area contributed by atoms with Gasteiger partial charge < -0.3 is 4.90 Å². The number of carbonyl (C=O) groups excluding carboxylic acids is 1. The van der Waals surface area contributed by atoms with Crippen molar-refractivity contribution >= 4 is 15.9 Å². The highest BCUT2D eigenvalue weighted by Crippen LogP contribution is 2.26. The number of primary sulfonamides is 1. The molecule has 1 aromatic rings. The molecule has 0 spiro atoms. The molecule has 0 aromatic heterocycles. The molecule has 0 bridgehead atoms. The van der Waals surface area contributed by atoms with Crippen LogP contribution in [0.2, 0.25) is 0 Å². The van der Waals surface area contributed by atoms with Crippen molar-refractivity contribution in [2.45, 2.75) is 36.6 Å². The van der Waals surface area contributed by atoms with E-state index in [0.717, 1.165) is 31.7 Å². The number of hydrogen-bond donors (Lipinski definition) is 1. The minimum Gasteiger partial charge on any atom is -0.339 e. The van der Waals surface area contributed by atoms with Crippen LogP contribution in [-0.2, 0) is 10.0 Å². The van der Waals surface area contributed by atoms with Crippen LogP contribution < -0.4 is 5.14 Å². The fourth-order valence-electron chi connectivity index (χ4n) is 2.58. The average Bonchev–Trinajstić information content (AvgIpc) is 2.89. The molecule has 8 heteroatoms. The van der Waals surface area contributed by atoms with Gasteiger partial charge in [0.1, 0.15) is 16.3 Å². The van der Waals surface area contributed by atoms with Crippen LogP contribution in [0.3, 0.4) is 0 Å². The summed E-state index contributed by atoms with van der Waals surface area (Å²) in [6, 6.07) is 1.36. The van der Waals surface area contributed by atoms with Gasteiger partial charge in [-0.2, -0.15) is 0 Å². The first-order valence-corrected chi connectivity index (χ1v) is 8.06. The lowest BCUT2D eigenvalue weighted by atomic mass is 10.1. The lowest BCUT2D eigenvalue weighted by Gasteiger charge is -2.25. The number of halogens is 2. The standard InChI is InChI=1S/C13H16F2N2O3S/c1-17(8-4-2-3-5-8)13(18)11-9(14)6-7-10(12(11)15)21(16,19)20/h6-8H,2-5H2,1H3,(H2,16,19,20). The van der Waals surface area contributed by atoms with Crippen molar-refractivity contribution in [1.82, 2.24) is 4.90 Å². The third-order valence-electron chi connectivity index (χ3n) is 3.77. The fraction of sp³-hybridized carbons (Fsp3) is 0.462. The number of nitrogens with two attached hydrogens (primary N) is 1. The summed E-state index contributed by atoms with van der Waals surface area (Å²) in [7, 11) is -2.90. The molecule has 0 atom stereocenters. The molecule has 1 amide bonds. The van der Waals surface area contributed by atoms with E-state index in [9.17, 15) is 22.0 Å². The van der Waals surface area contributed by atoms with Gasteiger partial charge in [0.15, 0.2) is 5.82 Å². The molecule has 1 aliphatic carbocycles. The summed E-state index contributed by atoms with van der Waals surface area (Å²) in [6.07, 6.45) is 3.43. The summed E-state index contributed by atoms with van der Waals surface area (Å²) in [5.41, 5.74) is -0.879. The van der Waals surface area contributed by atoms with Crippen molar-refractivity contribution in [3.63, 3.8) is 0 Å². The lowest BCUT2D eigenvalue weighted by molar-refractivity contribution is 0.0724. The Morgan fingerprint density at radius 2 is 1.86 bits per heavy atom. The third kappa shape index (κ3) is 3.06. The van der Waals surface area contributed by atoms with Gasteiger partial charge in [-0.15, -0.1) is 0 Å². The molecule has 5 nitrogen and oxygen atoms in total. The first kappa shape index (κ1) is 15.8. The molecule has 2 rings (SSSR count). The third-order valence-corrected chi connectivity index (χ3v) is 4.70. The predicted octanol–water partition coefficient (Wildman–Crippen LogP) is 1.63. The summed E-state index contributed by atoms with van der Waals surface area (Å²) in [5, 5.41) is 4.86. The molecular formula is C13H16F2N2O3S. The SMILES string of the molecule is CN(C(=O)c1c(F)ccc(S(N)(=O)=O)c1F)C1CCCC1. The van der Waals surface area contributed by atoms with Crippen LogP contribution in [0.5, 0.6) is 0 Å². The minimum absolute atomic E-state index is 0.0885. The molecule has 0 unspecified atom stereocenters. The molecule has 0 heterocycles. The summed E-state index contributed by atoms with van der Waals surface area (Å²) >= 11 is 0. The second kappa shape index (κ2) is 5.69. The van der Waals surface area contributed by atoms with Gasteiger partial charge in [0.05, 0.1) is 0 Å². The molecule has 21 heavy (non-hydrogen) atoms. The molecular weight excluding hydrogens is 302 g/mol. The number of carbonyl (C=O) groups is 1. The summed E-state index contributed by atoms with van der Waals surface area (Å²) in [6.45, 7) is 0. The van der Waals surface area contributed by atoms with Gasteiger partial charge >= 0.3 is 0 Å². The summed E-state index contributed by atoms with van der Waals surface area (Å²) < 4.78 is 50.5. The van der Waals surface area contributed by atoms with Gasteiger partial charge in [-0.25, -0.2) is 22.3 Å². The van der Waals surface area contributed by atoms with Crippen LogP contribution in [0, 0.1) is 11.6 Å². The van der Waals surface area contributed by atoms with E-state index in [1.54, 1.807) is 0 Å². The van der Waals surface area contributed by atoms with Crippen LogP contribution in [0.15, 0.2) is 17.0 Å². The van der Waals surface area contributed by atoms with Crippen LogP contribution in [0.25, 0.3) is 0 Å². The predicted molar refractivity (Wildman–Crippen MR) is 72.1 cm³/mol. The zero-order chi connectivity index (χ0) is 15.8. The van der Waals surface area contributed by atoms with Crippen LogP contribution in [0.4, 0.5) is 8.78 Å². The largest absolute Gasteiger partial charge is 0.339 e. The van der Waals surface area contributed by atoms with E-state index >= 15 is 0 Å². The topological polar surface area (TPSA) is 80.5 Å². The van der Waals surface area contributed by atoms with Gasteiger partial charge in [-0.3, -0.25) is 4.79 Å². The van der Waals surface area contributed by atoms with Crippen LogP contribution >= 0.6 is 0 Å². The van der Waals surface area contributed by atoms with Gasteiger partial charge in [-0.05, 0) is 25.0 Å². The quantitative estimate of drug-likeness (QED) is 0.919. The maximum atomic E-state index is 14.2. The molecule has 2 N–H and O–H groups in total. The molecule has 1 fully saturated rings. The Labute approximate surface area is 121 Å². The first-order valence-electron chi connectivity index (χ1n) is 6.51. The maximum absolute atomic E-state index is 14.2. The normalized spacial score (nSPS) is 16.2. The van der Waals surface area contributed by atoms with E-state index in [4.69, 9.17) is 5.14 Å². The highest BCUT2D eigenvalue weighted by molar-refractivity contribution is 7.89. The van der Waals surface area contributed by atoms with Crippen molar-refractivity contribution in [2.24, 2.45) is 5.14 Å². The van der Waals surface area contributed by atoms with E-state index in [2.05, 4.69) is 0 Å².